The molecule has 3 aromatic rings. The fourth-order valence-electron chi connectivity index (χ4n) is 3.45. The lowest BCUT2D eigenvalue weighted by molar-refractivity contribution is -0.123. The van der Waals surface area contributed by atoms with Gasteiger partial charge >= 0.3 is 0 Å². The molecule has 0 spiro atoms. The molecule has 11 heteroatoms. The molecule has 1 aliphatic heterocycles. The first-order chi connectivity index (χ1) is 16.3. The lowest BCUT2D eigenvalue weighted by atomic mass is 10.0. The van der Waals surface area contributed by atoms with Crippen molar-refractivity contribution >= 4 is 15.9 Å². The third kappa shape index (κ3) is 5.54. The van der Waals surface area contributed by atoms with Crippen molar-refractivity contribution in [2.24, 2.45) is 5.92 Å². The lowest BCUT2D eigenvalue weighted by Gasteiger charge is -2.22. The maximum Gasteiger partial charge on any atom is 0.241 e. The van der Waals surface area contributed by atoms with Crippen LogP contribution in [0.15, 0.2) is 60.0 Å². The van der Waals surface area contributed by atoms with E-state index >= 15 is 0 Å². The van der Waals surface area contributed by atoms with Crippen molar-refractivity contribution in [2.45, 2.75) is 37.8 Å². The Labute approximate surface area is 198 Å². The number of amides is 1. The number of aromatic nitrogens is 3. The minimum atomic E-state index is -3.97. The molecule has 1 unspecified atom stereocenters. The number of hydrogen-bond donors (Lipinski definition) is 2. The van der Waals surface area contributed by atoms with E-state index in [1.807, 2.05) is 24.3 Å². The van der Waals surface area contributed by atoms with Crippen molar-refractivity contribution < 1.29 is 22.7 Å². The van der Waals surface area contributed by atoms with Gasteiger partial charge in [0.15, 0.2) is 11.5 Å². The Bertz CT molecular complexity index is 1230. The number of carbonyl (C=O) groups is 1. The van der Waals surface area contributed by atoms with Gasteiger partial charge in [-0.05, 0) is 35.7 Å². The van der Waals surface area contributed by atoms with Gasteiger partial charge < -0.3 is 14.8 Å². The summed E-state index contributed by atoms with van der Waals surface area (Å²) in [6.07, 6.45) is 3.76. The smallest absolute Gasteiger partial charge is 0.241 e. The number of benzene rings is 2. The van der Waals surface area contributed by atoms with E-state index < -0.39 is 22.0 Å². The van der Waals surface area contributed by atoms with E-state index in [2.05, 4.69) is 20.1 Å². The predicted octanol–water partition coefficient (Wildman–Crippen LogP) is 2.05. The van der Waals surface area contributed by atoms with Crippen molar-refractivity contribution in [2.75, 3.05) is 13.2 Å². The van der Waals surface area contributed by atoms with Crippen LogP contribution in [0, 0.1) is 5.92 Å². The molecule has 2 heterocycles. The first-order valence-electron chi connectivity index (χ1n) is 11.0. The molecule has 2 N–H and O–H groups in total. The Hall–Kier alpha value is -3.44. The topological polar surface area (TPSA) is 124 Å². The summed E-state index contributed by atoms with van der Waals surface area (Å²) in [6.45, 7) is 4.78. The average molecular weight is 486 g/mol. The third-order valence-electron chi connectivity index (χ3n) is 5.35. The molecule has 1 amide bonds. The highest BCUT2D eigenvalue weighted by Crippen LogP contribution is 2.32. The highest BCUT2D eigenvalue weighted by molar-refractivity contribution is 7.89. The summed E-state index contributed by atoms with van der Waals surface area (Å²) in [5.41, 5.74) is 1.71. The molecule has 2 aromatic carbocycles. The van der Waals surface area contributed by atoms with Crippen LogP contribution in [-0.4, -0.2) is 48.3 Å². The van der Waals surface area contributed by atoms with Gasteiger partial charge in [-0.25, -0.2) is 18.1 Å². The van der Waals surface area contributed by atoms with Crippen molar-refractivity contribution in [1.29, 1.82) is 0 Å². The summed E-state index contributed by atoms with van der Waals surface area (Å²) in [6, 6.07) is 11.0. The standard InChI is InChI=1S/C23H27N5O5S/c1-16(2)22(23(29)25-13-17-4-6-18(7-5-17)28-15-24-14-26-28)27-34(30,31)19-8-9-20-21(12-19)33-11-3-10-32-20/h4-9,12,14-16,22,27H,3,10-11,13H2,1-2H3,(H,25,29). The fourth-order valence-corrected chi connectivity index (χ4v) is 4.80. The molecule has 0 radical (unpaired) electrons. The van der Waals surface area contributed by atoms with E-state index in [0.717, 1.165) is 11.3 Å². The van der Waals surface area contributed by atoms with Crippen LogP contribution in [0.3, 0.4) is 0 Å². The minimum absolute atomic E-state index is 0.0129. The summed E-state index contributed by atoms with van der Waals surface area (Å²) in [4.78, 5) is 16.8. The van der Waals surface area contributed by atoms with Gasteiger partial charge in [0.25, 0.3) is 0 Å². The van der Waals surface area contributed by atoms with Crippen LogP contribution >= 0.6 is 0 Å². The van der Waals surface area contributed by atoms with Crippen LogP contribution < -0.4 is 19.5 Å². The molecule has 1 atom stereocenters. The molecule has 180 valence electrons. The number of fused-ring (bicyclic) bond motifs is 1. The number of ether oxygens (including phenoxy) is 2. The van der Waals surface area contributed by atoms with Gasteiger partial charge in [-0.3, -0.25) is 4.79 Å². The zero-order valence-electron chi connectivity index (χ0n) is 19.0. The Kier molecular flexibility index (Phi) is 7.13. The van der Waals surface area contributed by atoms with Gasteiger partial charge in [0.05, 0.1) is 23.8 Å². The van der Waals surface area contributed by atoms with Gasteiger partial charge in [-0.15, -0.1) is 0 Å². The van der Waals surface area contributed by atoms with Crippen LogP contribution in [0.4, 0.5) is 0 Å². The van der Waals surface area contributed by atoms with Gasteiger partial charge in [0.2, 0.25) is 15.9 Å². The average Bonchev–Trinajstić information content (AvgIpc) is 3.26. The second-order valence-electron chi connectivity index (χ2n) is 8.23. The highest BCUT2D eigenvalue weighted by Gasteiger charge is 2.29. The fraction of sp³-hybridized carbons (Fsp3) is 0.348. The van der Waals surface area contributed by atoms with Gasteiger partial charge in [0.1, 0.15) is 18.7 Å². The Morgan fingerprint density at radius 2 is 1.82 bits per heavy atom. The minimum Gasteiger partial charge on any atom is -0.490 e. The number of carbonyl (C=O) groups excluding carboxylic acids is 1. The summed E-state index contributed by atoms with van der Waals surface area (Å²) in [7, 11) is -3.97. The van der Waals surface area contributed by atoms with Crippen LogP contribution in [-0.2, 0) is 21.4 Å². The number of rotatable bonds is 8. The molecule has 0 saturated heterocycles. The molecule has 1 aromatic heterocycles. The normalized spacial score (nSPS) is 14.4. The molecular weight excluding hydrogens is 458 g/mol. The summed E-state index contributed by atoms with van der Waals surface area (Å²) in [5, 5.41) is 6.90. The molecule has 0 bridgehead atoms. The SMILES string of the molecule is CC(C)C(NS(=O)(=O)c1ccc2c(c1)OCCCO2)C(=O)NCc1ccc(-n2cncn2)cc1. The van der Waals surface area contributed by atoms with Crippen LogP contribution in [0.1, 0.15) is 25.8 Å². The number of nitrogens with one attached hydrogen (secondary N) is 2. The number of sulfonamides is 1. The quantitative estimate of drug-likeness (QED) is 0.500. The summed E-state index contributed by atoms with van der Waals surface area (Å²) in [5.74, 6) is 0.197. The molecule has 10 nitrogen and oxygen atoms in total. The first-order valence-corrected chi connectivity index (χ1v) is 12.5. The van der Waals surface area contributed by atoms with Crippen molar-refractivity contribution in [3.05, 3.63) is 60.7 Å². The Morgan fingerprint density at radius 1 is 1.09 bits per heavy atom. The number of hydrogen-bond acceptors (Lipinski definition) is 7. The Balaban J connectivity index is 1.42. The molecule has 1 aliphatic rings. The Morgan fingerprint density at radius 3 is 2.50 bits per heavy atom. The molecule has 0 fully saturated rings. The van der Waals surface area contributed by atoms with Crippen molar-refractivity contribution in [3.63, 3.8) is 0 Å². The van der Waals surface area contributed by atoms with Gasteiger partial charge in [-0.1, -0.05) is 26.0 Å². The van der Waals surface area contributed by atoms with E-state index in [4.69, 9.17) is 9.47 Å². The predicted molar refractivity (Wildman–Crippen MR) is 124 cm³/mol. The van der Waals surface area contributed by atoms with E-state index in [-0.39, 0.29) is 17.4 Å². The van der Waals surface area contributed by atoms with E-state index in [9.17, 15) is 13.2 Å². The number of nitrogens with zero attached hydrogens (tertiary/aromatic N) is 3. The van der Waals surface area contributed by atoms with Crippen molar-refractivity contribution in [1.82, 2.24) is 24.8 Å². The van der Waals surface area contributed by atoms with Crippen LogP contribution in [0.2, 0.25) is 0 Å². The molecular formula is C23H27N5O5S. The van der Waals surface area contributed by atoms with Crippen molar-refractivity contribution in [3.8, 4) is 17.2 Å². The summed E-state index contributed by atoms with van der Waals surface area (Å²) < 4.78 is 41.4. The maximum atomic E-state index is 13.0. The molecule has 4 rings (SSSR count). The zero-order chi connectivity index (χ0) is 24.1. The van der Waals surface area contributed by atoms with Crippen LogP contribution in [0.25, 0.3) is 5.69 Å². The summed E-state index contributed by atoms with van der Waals surface area (Å²) >= 11 is 0. The van der Waals surface area contributed by atoms with E-state index in [1.165, 1.54) is 18.5 Å². The maximum absolute atomic E-state index is 13.0. The molecule has 34 heavy (non-hydrogen) atoms. The lowest BCUT2D eigenvalue weighted by Crippen LogP contribution is -2.49. The molecule has 0 saturated carbocycles. The highest BCUT2D eigenvalue weighted by atomic mass is 32.2. The third-order valence-corrected chi connectivity index (χ3v) is 6.79. The first kappa shape index (κ1) is 23.7. The zero-order valence-corrected chi connectivity index (χ0v) is 19.8. The largest absolute Gasteiger partial charge is 0.490 e. The van der Waals surface area contributed by atoms with Gasteiger partial charge in [-0.2, -0.15) is 9.82 Å². The van der Waals surface area contributed by atoms with Crippen LogP contribution in [0.5, 0.6) is 11.5 Å². The second-order valence-corrected chi connectivity index (χ2v) is 9.94. The van der Waals surface area contributed by atoms with Gasteiger partial charge in [0, 0.05) is 19.0 Å². The molecule has 0 aliphatic carbocycles. The second kappa shape index (κ2) is 10.2. The monoisotopic (exact) mass is 485 g/mol. The van der Waals surface area contributed by atoms with E-state index in [0.29, 0.717) is 31.1 Å². The van der Waals surface area contributed by atoms with E-state index in [1.54, 1.807) is 30.9 Å².